The lowest BCUT2D eigenvalue weighted by atomic mass is 9.82. The van der Waals surface area contributed by atoms with Gasteiger partial charge in [0.1, 0.15) is 6.61 Å². The van der Waals surface area contributed by atoms with Gasteiger partial charge in [-0.3, -0.25) is 4.90 Å². The van der Waals surface area contributed by atoms with Crippen molar-refractivity contribution in [3.05, 3.63) is 29.8 Å². The van der Waals surface area contributed by atoms with Crippen LogP contribution >= 0.6 is 0 Å². The van der Waals surface area contributed by atoms with Gasteiger partial charge in [-0.2, -0.15) is 0 Å². The molecule has 0 bridgehead atoms. The molecule has 2 aliphatic rings. The standard InChI is InChI=1S/C18H24N2O2/c21-10-2-4-15-3-1-5-17(11-15)20-8-6-19(7-9-20)14-16-12-18(22)13-16/h1,3,5,11,16,18,21-22H,6-10,12-14H2. The van der Waals surface area contributed by atoms with E-state index in [9.17, 15) is 5.11 Å². The van der Waals surface area contributed by atoms with Crippen LogP contribution < -0.4 is 4.90 Å². The molecule has 2 fully saturated rings. The monoisotopic (exact) mass is 300 g/mol. The molecule has 0 aromatic heterocycles. The van der Waals surface area contributed by atoms with Gasteiger partial charge in [0.25, 0.3) is 0 Å². The zero-order valence-corrected chi connectivity index (χ0v) is 12.9. The Morgan fingerprint density at radius 1 is 1.14 bits per heavy atom. The van der Waals surface area contributed by atoms with Crippen molar-refractivity contribution in [1.29, 1.82) is 0 Å². The number of rotatable bonds is 3. The van der Waals surface area contributed by atoms with E-state index in [0.717, 1.165) is 51.1 Å². The molecule has 1 heterocycles. The maximum Gasteiger partial charge on any atom is 0.104 e. The van der Waals surface area contributed by atoms with E-state index in [1.54, 1.807) is 0 Å². The minimum absolute atomic E-state index is 0.0472. The van der Waals surface area contributed by atoms with Gasteiger partial charge in [-0.1, -0.05) is 17.9 Å². The topological polar surface area (TPSA) is 46.9 Å². The first-order valence-electron chi connectivity index (χ1n) is 8.10. The van der Waals surface area contributed by atoms with Crippen LogP contribution in [-0.2, 0) is 0 Å². The van der Waals surface area contributed by atoms with Crippen LogP contribution in [-0.4, -0.2) is 60.5 Å². The van der Waals surface area contributed by atoms with E-state index in [0.29, 0.717) is 5.92 Å². The lowest BCUT2D eigenvalue weighted by Crippen LogP contribution is -2.49. The number of anilines is 1. The van der Waals surface area contributed by atoms with Crippen LogP contribution in [0.1, 0.15) is 18.4 Å². The number of benzene rings is 1. The fraction of sp³-hybridized carbons (Fsp3) is 0.556. The fourth-order valence-electron chi connectivity index (χ4n) is 3.33. The highest BCUT2D eigenvalue weighted by Gasteiger charge is 2.29. The number of piperazine rings is 1. The lowest BCUT2D eigenvalue weighted by Gasteiger charge is -2.40. The molecule has 0 spiro atoms. The van der Waals surface area contributed by atoms with Crippen LogP contribution in [0.25, 0.3) is 0 Å². The van der Waals surface area contributed by atoms with Gasteiger partial charge in [-0.05, 0) is 37.0 Å². The third-order valence-corrected chi connectivity index (χ3v) is 4.62. The molecule has 2 N–H and O–H groups in total. The average Bonchev–Trinajstić information content (AvgIpc) is 2.52. The van der Waals surface area contributed by atoms with Crippen LogP contribution in [0, 0.1) is 17.8 Å². The van der Waals surface area contributed by atoms with Crippen LogP contribution in [0.4, 0.5) is 5.69 Å². The molecule has 1 aromatic rings. The molecule has 0 amide bonds. The summed E-state index contributed by atoms with van der Waals surface area (Å²) in [4.78, 5) is 4.92. The Kier molecular flexibility index (Phi) is 4.99. The maximum absolute atomic E-state index is 9.37. The lowest BCUT2D eigenvalue weighted by molar-refractivity contribution is 0.0236. The molecule has 1 aromatic carbocycles. The molecule has 1 aliphatic heterocycles. The van der Waals surface area contributed by atoms with Gasteiger partial charge in [0, 0.05) is 44.0 Å². The maximum atomic E-state index is 9.37. The summed E-state index contributed by atoms with van der Waals surface area (Å²) in [6, 6.07) is 8.23. The van der Waals surface area contributed by atoms with Crippen molar-refractivity contribution < 1.29 is 10.2 Å². The van der Waals surface area contributed by atoms with Crippen molar-refractivity contribution in [2.24, 2.45) is 5.92 Å². The van der Waals surface area contributed by atoms with E-state index in [-0.39, 0.29) is 12.7 Å². The third kappa shape index (κ3) is 3.80. The average molecular weight is 300 g/mol. The summed E-state index contributed by atoms with van der Waals surface area (Å²) in [6.45, 7) is 5.27. The van der Waals surface area contributed by atoms with Gasteiger partial charge in [0.2, 0.25) is 0 Å². The molecule has 1 aliphatic carbocycles. The number of aliphatic hydroxyl groups excluding tert-OH is 2. The molecular weight excluding hydrogens is 276 g/mol. The molecule has 0 unspecified atom stereocenters. The predicted molar refractivity (Wildman–Crippen MR) is 87.8 cm³/mol. The first-order chi connectivity index (χ1) is 10.7. The number of hydrogen-bond acceptors (Lipinski definition) is 4. The molecule has 4 heteroatoms. The largest absolute Gasteiger partial charge is 0.393 e. The highest BCUT2D eigenvalue weighted by atomic mass is 16.3. The smallest absolute Gasteiger partial charge is 0.104 e. The summed E-state index contributed by atoms with van der Waals surface area (Å²) in [5, 5.41) is 18.2. The fourth-order valence-corrected chi connectivity index (χ4v) is 3.33. The van der Waals surface area contributed by atoms with Crippen LogP contribution in [0.2, 0.25) is 0 Å². The van der Waals surface area contributed by atoms with Gasteiger partial charge in [0.05, 0.1) is 6.10 Å². The Hall–Kier alpha value is -1.54. The van der Waals surface area contributed by atoms with Crippen molar-refractivity contribution >= 4 is 5.69 Å². The second kappa shape index (κ2) is 7.15. The third-order valence-electron chi connectivity index (χ3n) is 4.62. The second-order valence-electron chi connectivity index (χ2n) is 6.29. The summed E-state index contributed by atoms with van der Waals surface area (Å²) in [7, 11) is 0. The van der Waals surface area contributed by atoms with Crippen LogP contribution in [0.3, 0.4) is 0 Å². The summed E-state index contributed by atoms with van der Waals surface area (Å²) >= 11 is 0. The van der Waals surface area contributed by atoms with E-state index in [2.05, 4.69) is 33.8 Å². The molecule has 118 valence electrons. The van der Waals surface area contributed by atoms with E-state index in [1.807, 2.05) is 12.1 Å². The Labute approximate surface area is 132 Å². The predicted octanol–water partition coefficient (Wildman–Crippen LogP) is 0.923. The first kappa shape index (κ1) is 15.4. The van der Waals surface area contributed by atoms with Crippen LogP contribution in [0.5, 0.6) is 0 Å². The van der Waals surface area contributed by atoms with Crippen molar-refractivity contribution in [1.82, 2.24) is 4.90 Å². The molecule has 1 saturated carbocycles. The van der Waals surface area contributed by atoms with Gasteiger partial charge in [-0.15, -0.1) is 0 Å². The summed E-state index contributed by atoms with van der Waals surface area (Å²) < 4.78 is 0. The number of hydrogen-bond donors (Lipinski definition) is 2. The zero-order chi connectivity index (χ0) is 15.4. The van der Waals surface area contributed by atoms with E-state index >= 15 is 0 Å². The number of nitrogens with zero attached hydrogens (tertiary/aromatic N) is 2. The van der Waals surface area contributed by atoms with Crippen molar-refractivity contribution in [3.63, 3.8) is 0 Å². The van der Waals surface area contributed by atoms with Gasteiger partial charge in [0.15, 0.2) is 0 Å². The summed E-state index contributed by atoms with van der Waals surface area (Å²) in [5.41, 5.74) is 2.17. The Bertz CT molecular complexity index is 550. The van der Waals surface area contributed by atoms with Gasteiger partial charge in [-0.25, -0.2) is 0 Å². The second-order valence-corrected chi connectivity index (χ2v) is 6.29. The first-order valence-corrected chi connectivity index (χ1v) is 8.10. The summed E-state index contributed by atoms with van der Waals surface area (Å²) in [5.74, 6) is 6.36. The molecule has 0 atom stereocenters. The SMILES string of the molecule is OCC#Cc1cccc(N2CCN(CC3CC(O)C3)CC2)c1. The highest BCUT2D eigenvalue weighted by Crippen LogP contribution is 2.28. The minimum Gasteiger partial charge on any atom is -0.393 e. The van der Waals surface area contributed by atoms with Crippen molar-refractivity contribution in [2.75, 3.05) is 44.2 Å². The molecular formula is C18H24N2O2. The number of aliphatic hydroxyl groups is 2. The Morgan fingerprint density at radius 3 is 2.59 bits per heavy atom. The highest BCUT2D eigenvalue weighted by molar-refractivity contribution is 5.52. The van der Waals surface area contributed by atoms with E-state index in [1.165, 1.54) is 5.69 Å². The molecule has 4 nitrogen and oxygen atoms in total. The Morgan fingerprint density at radius 2 is 1.91 bits per heavy atom. The van der Waals surface area contributed by atoms with Crippen LogP contribution in [0.15, 0.2) is 24.3 Å². The molecule has 22 heavy (non-hydrogen) atoms. The van der Waals surface area contributed by atoms with Crippen molar-refractivity contribution in [2.45, 2.75) is 18.9 Å². The zero-order valence-electron chi connectivity index (χ0n) is 12.9. The minimum atomic E-state index is -0.0984. The van der Waals surface area contributed by atoms with E-state index < -0.39 is 0 Å². The summed E-state index contributed by atoms with van der Waals surface area (Å²) in [6.07, 6.45) is 1.91. The quantitative estimate of drug-likeness (QED) is 0.815. The molecule has 1 saturated heterocycles. The Balaban J connectivity index is 1.52. The molecule has 3 rings (SSSR count). The van der Waals surface area contributed by atoms with Crippen molar-refractivity contribution in [3.8, 4) is 11.8 Å². The molecule has 0 radical (unpaired) electrons. The van der Waals surface area contributed by atoms with E-state index in [4.69, 9.17) is 5.11 Å². The van der Waals surface area contributed by atoms with Gasteiger partial charge >= 0.3 is 0 Å². The van der Waals surface area contributed by atoms with Gasteiger partial charge < -0.3 is 15.1 Å². The normalized spacial score (nSPS) is 25.3.